The lowest BCUT2D eigenvalue weighted by Crippen LogP contribution is -2.41. The van der Waals surface area contributed by atoms with Crippen LogP contribution in [0.25, 0.3) is 0 Å². The van der Waals surface area contributed by atoms with E-state index in [4.69, 9.17) is 9.47 Å². The summed E-state index contributed by atoms with van der Waals surface area (Å²) in [5, 5.41) is 7.46. The molecule has 1 aliphatic heterocycles. The molecule has 1 aromatic carbocycles. The summed E-state index contributed by atoms with van der Waals surface area (Å²) in [7, 11) is 3.24. The summed E-state index contributed by atoms with van der Waals surface area (Å²) in [4.78, 5) is 30.4. The highest BCUT2D eigenvalue weighted by Gasteiger charge is 2.36. The minimum absolute atomic E-state index is 0.162. The first-order valence-corrected chi connectivity index (χ1v) is 9.97. The molecule has 1 fully saturated rings. The highest BCUT2D eigenvalue weighted by atomic mass is 32.1. The number of anilines is 1. The molecule has 3 rings (SSSR count). The Kier molecular flexibility index (Phi) is 7.13. The van der Waals surface area contributed by atoms with Gasteiger partial charge in [-0.3, -0.25) is 10.1 Å². The standard InChI is InChI=1S/C19H23FN4O4S/c1-24(17(25)16-15(27-2)6-7-28-16)10-14-11-29-19(22-14)23-18(26)21-9-12-4-3-5-13(20)8-12/h3-5,8,11,15-16H,6-7,9-10H2,1-2H3,(H2,21,22,23,26)/t15-,16+/m1/s1. The second-order valence-electron chi connectivity index (χ2n) is 6.63. The van der Waals surface area contributed by atoms with E-state index >= 15 is 0 Å². The van der Waals surface area contributed by atoms with Crippen molar-refractivity contribution in [3.05, 3.63) is 46.7 Å². The maximum absolute atomic E-state index is 13.2. The summed E-state index contributed by atoms with van der Waals surface area (Å²) < 4.78 is 23.9. The third kappa shape index (κ3) is 5.72. The first-order chi connectivity index (χ1) is 14.0. The molecule has 2 atom stereocenters. The Morgan fingerprint density at radius 3 is 3.03 bits per heavy atom. The molecule has 10 heteroatoms. The number of aromatic nitrogens is 1. The minimum Gasteiger partial charge on any atom is -0.378 e. The zero-order chi connectivity index (χ0) is 20.8. The van der Waals surface area contributed by atoms with Crippen molar-refractivity contribution in [3.63, 3.8) is 0 Å². The van der Waals surface area contributed by atoms with E-state index in [2.05, 4.69) is 15.6 Å². The van der Waals surface area contributed by atoms with E-state index in [-0.39, 0.29) is 30.9 Å². The van der Waals surface area contributed by atoms with Crippen molar-refractivity contribution in [2.45, 2.75) is 31.7 Å². The molecular formula is C19H23FN4O4S. The van der Waals surface area contributed by atoms with Crippen LogP contribution in [0, 0.1) is 5.82 Å². The van der Waals surface area contributed by atoms with Crippen LogP contribution in [0.15, 0.2) is 29.6 Å². The molecule has 0 spiro atoms. The van der Waals surface area contributed by atoms with E-state index < -0.39 is 12.1 Å². The number of hydrogen-bond acceptors (Lipinski definition) is 6. The number of likely N-dealkylation sites (N-methyl/N-ethyl adjacent to an activating group) is 1. The number of rotatable bonds is 7. The quantitative estimate of drug-likeness (QED) is 0.715. The topological polar surface area (TPSA) is 92.8 Å². The molecule has 2 N–H and O–H groups in total. The van der Waals surface area contributed by atoms with Crippen molar-refractivity contribution in [1.29, 1.82) is 0 Å². The molecule has 0 radical (unpaired) electrons. The normalized spacial score (nSPS) is 18.4. The molecule has 8 nitrogen and oxygen atoms in total. The van der Waals surface area contributed by atoms with E-state index in [9.17, 15) is 14.0 Å². The maximum Gasteiger partial charge on any atom is 0.321 e. The van der Waals surface area contributed by atoms with Gasteiger partial charge in [0.2, 0.25) is 0 Å². The first kappa shape index (κ1) is 21.2. The van der Waals surface area contributed by atoms with Crippen molar-refractivity contribution >= 4 is 28.4 Å². The number of hydrogen-bond donors (Lipinski definition) is 2. The molecule has 1 aromatic heterocycles. The predicted molar refractivity (Wildman–Crippen MR) is 106 cm³/mol. The number of nitrogens with zero attached hydrogens (tertiary/aromatic N) is 2. The highest BCUT2D eigenvalue weighted by Crippen LogP contribution is 2.20. The molecule has 2 aromatic rings. The average Bonchev–Trinajstić information content (AvgIpc) is 3.35. The second kappa shape index (κ2) is 9.77. The van der Waals surface area contributed by atoms with Gasteiger partial charge in [0, 0.05) is 32.5 Å². The van der Waals surface area contributed by atoms with Gasteiger partial charge >= 0.3 is 6.03 Å². The third-order valence-electron chi connectivity index (χ3n) is 4.47. The van der Waals surface area contributed by atoms with Crippen molar-refractivity contribution < 1.29 is 23.5 Å². The predicted octanol–water partition coefficient (Wildman–Crippen LogP) is 2.37. The lowest BCUT2D eigenvalue weighted by Gasteiger charge is -2.23. The van der Waals surface area contributed by atoms with Crippen LogP contribution >= 0.6 is 11.3 Å². The Balaban J connectivity index is 1.48. The number of thiazole rings is 1. The Hall–Kier alpha value is -2.56. The largest absolute Gasteiger partial charge is 0.378 e. The molecule has 2 heterocycles. The van der Waals surface area contributed by atoms with Crippen molar-refractivity contribution in [2.24, 2.45) is 0 Å². The fraction of sp³-hybridized carbons (Fsp3) is 0.421. The van der Waals surface area contributed by atoms with Gasteiger partial charge < -0.3 is 19.7 Å². The highest BCUT2D eigenvalue weighted by molar-refractivity contribution is 7.13. The number of urea groups is 1. The van der Waals surface area contributed by atoms with Gasteiger partial charge in [-0.05, 0) is 17.7 Å². The van der Waals surface area contributed by atoms with Crippen LogP contribution in [0.1, 0.15) is 17.7 Å². The van der Waals surface area contributed by atoms with Crippen LogP contribution in [0.3, 0.4) is 0 Å². The second-order valence-corrected chi connectivity index (χ2v) is 7.49. The van der Waals surface area contributed by atoms with Crippen molar-refractivity contribution in [2.75, 3.05) is 26.1 Å². The van der Waals surface area contributed by atoms with Crippen LogP contribution in [0.4, 0.5) is 14.3 Å². The van der Waals surface area contributed by atoms with Crippen LogP contribution in [-0.2, 0) is 27.4 Å². The number of carbonyl (C=O) groups is 2. The number of ether oxygens (including phenoxy) is 2. The van der Waals surface area contributed by atoms with Gasteiger partial charge in [-0.15, -0.1) is 11.3 Å². The van der Waals surface area contributed by atoms with Gasteiger partial charge in [0.05, 0.1) is 24.9 Å². The average molecular weight is 422 g/mol. The number of amides is 3. The van der Waals surface area contributed by atoms with Crippen LogP contribution in [0.5, 0.6) is 0 Å². The summed E-state index contributed by atoms with van der Waals surface area (Å²) in [6.45, 7) is 0.984. The number of halogens is 1. The van der Waals surface area contributed by atoms with Gasteiger partial charge in [0.25, 0.3) is 5.91 Å². The maximum atomic E-state index is 13.2. The van der Waals surface area contributed by atoms with Crippen LogP contribution in [-0.4, -0.2) is 54.8 Å². The van der Waals surface area contributed by atoms with Gasteiger partial charge in [0.15, 0.2) is 11.2 Å². The third-order valence-corrected chi connectivity index (χ3v) is 5.28. The Morgan fingerprint density at radius 1 is 1.45 bits per heavy atom. The molecule has 0 aliphatic carbocycles. The minimum atomic E-state index is -0.602. The molecule has 0 unspecified atom stereocenters. The SMILES string of the molecule is CO[C@@H]1CCO[C@@H]1C(=O)N(C)Cc1csc(NC(=O)NCc2cccc(F)c2)n1. The van der Waals surface area contributed by atoms with Gasteiger partial charge in [0.1, 0.15) is 5.82 Å². The lowest BCUT2D eigenvalue weighted by molar-refractivity contribution is -0.144. The van der Waals surface area contributed by atoms with E-state index in [0.717, 1.165) is 0 Å². The van der Waals surface area contributed by atoms with E-state index in [1.54, 1.807) is 31.7 Å². The molecule has 0 saturated carbocycles. The number of methoxy groups -OCH3 is 1. The molecule has 0 bridgehead atoms. The number of benzene rings is 1. The number of carbonyl (C=O) groups excluding carboxylic acids is 2. The van der Waals surface area contributed by atoms with Crippen LogP contribution < -0.4 is 10.6 Å². The van der Waals surface area contributed by atoms with Crippen molar-refractivity contribution in [1.82, 2.24) is 15.2 Å². The summed E-state index contributed by atoms with van der Waals surface area (Å²) in [6.07, 6.45) is -0.148. The van der Waals surface area contributed by atoms with E-state index in [1.165, 1.54) is 28.4 Å². The number of nitrogens with one attached hydrogen (secondary N) is 2. The van der Waals surface area contributed by atoms with Crippen LogP contribution in [0.2, 0.25) is 0 Å². The zero-order valence-electron chi connectivity index (χ0n) is 16.2. The summed E-state index contributed by atoms with van der Waals surface area (Å²) in [6, 6.07) is 5.57. The Labute approximate surface area is 172 Å². The summed E-state index contributed by atoms with van der Waals surface area (Å²) in [5.74, 6) is -0.516. The van der Waals surface area contributed by atoms with Gasteiger partial charge in [-0.1, -0.05) is 12.1 Å². The summed E-state index contributed by atoms with van der Waals surface area (Å²) >= 11 is 1.26. The van der Waals surface area contributed by atoms with Gasteiger partial charge in [-0.25, -0.2) is 14.2 Å². The van der Waals surface area contributed by atoms with Gasteiger partial charge in [-0.2, -0.15) is 0 Å². The van der Waals surface area contributed by atoms with E-state index in [0.29, 0.717) is 29.4 Å². The molecule has 1 aliphatic rings. The molecule has 29 heavy (non-hydrogen) atoms. The molecule has 1 saturated heterocycles. The lowest BCUT2D eigenvalue weighted by atomic mass is 10.1. The smallest absolute Gasteiger partial charge is 0.321 e. The first-order valence-electron chi connectivity index (χ1n) is 9.09. The molecule has 3 amide bonds. The Morgan fingerprint density at radius 2 is 2.28 bits per heavy atom. The monoisotopic (exact) mass is 422 g/mol. The van der Waals surface area contributed by atoms with E-state index in [1.807, 2.05) is 0 Å². The Bertz CT molecular complexity index is 862. The molecule has 156 valence electrons. The van der Waals surface area contributed by atoms with Crippen molar-refractivity contribution in [3.8, 4) is 0 Å². The fourth-order valence-corrected chi connectivity index (χ4v) is 3.68. The zero-order valence-corrected chi connectivity index (χ0v) is 17.0. The summed E-state index contributed by atoms with van der Waals surface area (Å²) in [5.41, 5.74) is 1.31. The fourth-order valence-electron chi connectivity index (χ4n) is 2.99. The molecular weight excluding hydrogens is 399 g/mol.